The van der Waals surface area contributed by atoms with Crippen molar-refractivity contribution in [1.82, 2.24) is 10.3 Å². The van der Waals surface area contributed by atoms with E-state index in [1.165, 1.54) is 0 Å². The number of rotatable bonds is 9. The number of pyridine rings is 1. The number of carbonyl (C=O) groups is 1. The van der Waals surface area contributed by atoms with E-state index in [4.69, 9.17) is 14.2 Å². The fourth-order valence-electron chi connectivity index (χ4n) is 4.10. The number of nitrogens with zero attached hydrogens (tertiary/aromatic N) is 1. The van der Waals surface area contributed by atoms with Gasteiger partial charge in [-0.3, -0.25) is 9.78 Å². The number of hydrogen-bond acceptors (Lipinski definition) is 6. The molecular formula is C31H26N2O5. The minimum Gasteiger partial charge on any atom is -0.505 e. The Morgan fingerprint density at radius 2 is 1.50 bits per heavy atom. The van der Waals surface area contributed by atoms with Gasteiger partial charge in [0, 0.05) is 17.1 Å². The summed E-state index contributed by atoms with van der Waals surface area (Å²) in [5, 5.41) is 14.8. The van der Waals surface area contributed by atoms with E-state index in [2.05, 4.69) is 10.3 Å². The van der Waals surface area contributed by atoms with Crippen molar-refractivity contribution in [1.29, 1.82) is 0 Å². The van der Waals surface area contributed by atoms with Gasteiger partial charge in [-0.1, -0.05) is 48.5 Å². The van der Waals surface area contributed by atoms with Crippen molar-refractivity contribution in [2.75, 3.05) is 13.7 Å². The Hall–Kier alpha value is -5.04. The van der Waals surface area contributed by atoms with Gasteiger partial charge in [0.1, 0.15) is 34.3 Å². The van der Waals surface area contributed by atoms with Crippen LogP contribution in [-0.4, -0.2) is 29.7 Å². The van der Waals surface area contributed by atoms with Crippen molar-refractivity contribution in [3.05, 3.63) is 120 Å². The number of amides is 1. The predicted molar refractivity (Wildman–Crippen MR) is 145 cm³/mol. The van der Waals surface area contributed by atoms with E-state index in [1.54, 1.807) is 55.8 Å². The third kappa shape index (κ3) is 5.68. The Morgan fingerprint density at radius 3 is 2.24 bits per heavy atom. The number of benzene rings is 4. The van der Waals surface area contributed by atoms with Gasteiger partial charge in [0.15, 0.2) is 6.61 Å². The summed E-state index contributed by atoms with van der Waals surface area (Å²) in [4.78, 5) is 17.3. The Labute approximate surface area is 220 Å². The van der Waals surface area contributed by atoms with Crippen molar-refractivity contribution < 1.29 is 24.1 Å². The number of methoxy groups -OCH3 is 1. The number of carbonyl (C=O) groups excluding carboxylic acids is 1. The molecule has 0 aliphatic rings. The van der Waals surface area contributed by atoms with Crippen LogP contribution in [0.4, 0.5) is 0 Å². The summed E-state index contributed by atoms with van der Waals surface area (Å²) in [7, 11) is 1.59. The molecule has 0 radical (unpaired) electrons. The molecule has 0 aliphatic carbocycles. The molecule has 0 spiro atoms. The minimum absolute atomic E-state index is 0.0131. The van der Waals surface area contributed by atoms with E-state index in [0.29, 0.717) is 28.3 Å². The fourth-order valence-corrected chi connectivity index (χ4v) is 4.10. The zero-order chi connectivity index (χ0) is 26.3. The Kier molecular flexibility index (Phi) is 7.36. The van der Waals surface area contributed by atoms with Crippen LogP contribution in [0.15, 0.2) is 109 Å². The zero-order valence-electron chi connectivity index (χ0n) is 20.7. The molecule has 0 saturated carbocycles. The minimum atomic E-state index is -0.634. The highest BCUT2D eigenvalue weighted by Gasteiger charge is 2.22. The number of hydrogen-bond donors (Lipinski definition) is 2. The second kappa shape index (κ2) is 11.3. The summed E-state index contributed by atoms with van der Waals surface area (Å²) in [5.41, 5.74) is 1.76. The summed E-state index contributed by atoms with van der Waals surface area (Å²) in [6, 6.07) is 30.5. The molecule has 0 saturated heterocycles. The van der Waals surface area contributed by atoms with Crippen LogP contribution >= 0.6 is 0 Å². The number of aromatic nitrogens is 1. The lowest BCUT2D eigenvalue weighted by molar-refractivity contribution is -0.123. The van der Waals surface area contributed by atoms with Gasteiger partial charge in [-0.25, -0.2) is 0 Å². The molecule has 190 valence electrons. The third-order valence-corrected chi connectivity index (χ3v) is 6.02. The van der Waals surface area contributed by atoms with Crippen LogP contribution in [0.25, 0.3) is 10.9 Å². The monoisotopic (exact) mass is 506 g/mol. The van der Waals surface area contributed by atoms with Crippen LogP contribution in [0, 0.1) is 0 Å². The first-order chi connectivity index (χ1) is 18.6. The maximum Gasteiger partial charge on any atom is 0.258 e. The summed E-state index contributed by atoms with van der Waals surface area (Å²) < 4.78 is 16.8. The van der Waals surface area contributed by atoms with E-state index >= 15 is 0 Å². The lowest BCUT2D eigenvalue weighted by Crippen LogP contribution is -2.33. The quantitative estimate of drug-likeness (QED) is 0.254. The Morgan fingerprint density at radius 1 is 0.816 bits per heavy atom. The number of fused-ring (bicyclic) bond motifs is 1. The first-order valence-electron chi connectivity index (χ1n) is 12.1. The van der Waals surface area contributed by atoms with Crippen molar-refractivity contribution in [2.24, 2.45) is 0 Å². The molecule has 2 N–H and O–H groups in total. The molecule has 7 heteroatoms. The van der Waals surface area contributed by atoms with Gasteiger partial charge >= 0.3 is 0 Å². The van der Waals surface area contributed by atoms with Gasteiger partial charge in [0.2, 0.25) is 0 Å². The van der Waals surface area contributed by atoms with Crippen LogP contribution in [0.1, 0.15) is 17.2 Å². The average Bonchev–Trinajstić information content (AvgIpc) is 2.97. The molecule has 1 unspecified atom stereocenters. The largest absolute Gasteiger partial charge is 0.505 e. The lowest BCUT2D eigenvalue weighted by atomic mass is 9.96. The van der Waals surface area contributed by atoms with Gasteiger partial charge in [0.25, 0.3) is 5.91 Å². The highest BCUT2D eigenvalue weighted by molar-refractivity contribution is 5.86. The average molecular weight is 507 g/mol. The summed E-state index contributed by atoms with van der Waals surface area (Å²) in [6.07, 6.45) is 1.62. The van der Waals surface area contributed by atoms with Crippen molar-refractivity contribution in [3.8, 4) is 28.7 Å². The van der Waals surface area contributed by atoms with Crippen LogP contribution in [0.5, 0.6) is 28.7 Å². The lowest BCUT2D eigenvalue weighted by Gasteiger charge is -2.22. The second-order valence-electron chi connectivity index (χ2n) is 8.53. The molecule has 1 atom stereocenters. The standard InChI is InChI=1S/C31H26N2O5/c1-36-23-12-9-22(10-13-23)29(27-18-11-21-6-5-19-32-30(21)31(27)35)33-28(34)20-37-24-14-16-26(17-15-24)38-25-7-3-2-4-8-25/h2-19,29,35H,20H2,1H3,(H,33,34). The molecular weight excluding hydrogens is 480 g/mol. The van der Waals surface area contributed by atoms with Crippen LogP contribution in [0.2, 0.25) is 0 Å². The van der Waals surface area contributed by atoms with Crippen molar-refractivity contribution in [3.63, 3.8) is 0 Å². The smallest absolute Gasteiger partial charge is 0.258 e. The van der Waals surface area contributed by atoms with Gasteiger partial charge in [0.05, 0.1) is 13.2 Å². The molecule has 7 nitrogen and oxygen atoms in total. The third-order valence-electron chi connectivity index (χ3n) is 6.02. The normalized spacial score (nSPS) is 11.5. The molecule has 38 heavy (non-hydrogen) atoms. The number of aromatic hydroxyl groups is 1. The fraction of sp³-hybridized carbons (Fsp3) is 0.0968. The Balaban J connectivity index is 1.31. The maximum atomic E-state index is 13.0. The highest BCUT2D eigenvalue weighted by Crippen LogP contribution is 2.35. The van der Waals surface area contributed by atoms with E-state index in [9.17, 15) is 9.90 Å². The van der Waals surface area contributed by atoms with E-state index in [1.807, 2.05) is 60.7 Å². The van der Waals surface area contributed by atoms with Gasteiger partial charge < -0.3 is 24.6 Å². The molecule has 0 fully saturated rings. The number of phenolic OH excluding ortho intramolecular Hbond substituents is 1. The molecule has 5 rings (SSSR count). The van der Waals surface area contributed by atoms with E-state index in [-0.39, 0.29) is 18.3 Å². The first kappa shape index (κ1) is 24.6. The number of phenols is 1. The molecule has 1 amide bonds. The highest BCUT2D eigenvalue weighted by atomic mass is 16.5. The zero-order valence-corrected chi connectivity index (χ0v) is 20.7. The van der Waals surface area contributed by atoms with Crippen LogP contribution in [0.3, 0.4) is 0 Å². The summed E-state index contributed by atoms with van der Waals surface area (Å²) >= 11 is 0. The van der Waals surface area contributed by atoms with Crippen LogP contribution < -0.4 is 19.5 Å². The van der Waals surface area contributed by atoms with Crippen LogP contribution in [-0.2, 0) is 4.79 Å². The molecule has 1 aromatic heterocycles. The van der Waals surface area contributed by atoms with E-state index in [0.717, 1.165) is 16.7 Å². The first-order valence-corrected chi connectivity index (χ1v) is 12.1. The van der Waals surface area contributed by atoms with Gasteiger partial charge in [-0.15, -0.1) is 0 Å². The predicted octanol–water partition coefficient (Wildman–Crippen LogP) is 6.03. The second-order valence-corrected chi connectivity index (χ2v) is 8.53. The van der Waals surface area contributed by atoms with Gasteiger partial charge in [-0.05, 0) is 60.2 Å². The molecule has 1 heterocycles. The number of nitrogens with one attached hydrogen (secondary N) is 1. The summed E-state index contributed by atoms with van der Waals surface area (Å²) in [5.74, 6) is 2.27. The number of ether oxygens (including phenoxy) is 3. The Bertz CT molecular complexity index is 1520. The maximum absolute atomic E-state index is 13.0. The van der Waals surface area contributed by atoms with Crippen molar-refractivity contribution in [2.45, 2.75) is 6.04 Å². The van der Waals surface area contributed by atoms with E-state index < -0.39 is 6.04 Å². The molecule has 0 aliphatic heterocycles. The summed E-state index contributed by atoms with van der Waals surface area (Å²) in [6.45, 7) is -0.210. The van der Waals surface area contributed by atoms with Gasteiger partial charge in [-0.2, -0.15) is 0 Å². The molecule has 4 aromatic carbocycles. The molecule has 5 aromatic rings. The topological polar surface area (TPSA) is 89.9 Å². The number of para-hydroxylation sites is 1. The van der Waals surface area contributed by atoms with Crippen molar-refractivity contribution >= 4 is 16.8 Å². The SMILES string of the molecule is COc1ccc(C(NC(=O)COc2ccc(Oc3ccccc3)cc2)c2ccc3cccnc3c2O)cc1. The molecule has 0 bridgehead atoms.